The molecule has 0 amide bonds. The van der Waals surface area contributed by atoms with E-state index in [0.29, 0.717) is 28.1 Å². The Labute approximate surface area is 174 Å². The second-order valence-corrected chi connectivity index (χ2v) is 7.10. The van der Waals surface area contributed by atoms with E-state index in [1.165, 1.54) is 19.1 Å². The highest BCUT2D eigenvalue weighted by atomic mass is 16.6. The first-order valence-electron chi connectivity index (χ1n) is 9.44. The van der Waals surface area contributed by atoms with Crippen molar-refractivity contribution in [1.82, 2.24) is 5.32 Å². The zero-order valence-corrected chi connectivity index (χ0v) is 17.0. The highest BCUT2D eigenvalue weighted by Gasteiger charge is 2.36. The Balaban J connectivity index is 1.99. The Bertz CT molecular complexity index is 1050. The molecule has 0 radical (unpaired) electrons. The van der Waals surface area contributed by atoms with Crippen molar-refractivity contribution >= 4 is 17.4 Å². The quantitative estimate of drug-likeness (QED) is 0.439. The minimum Gasteiger partial charge on any atom is -0.457 e. The van der Waals surface area contributed by atoms with Gasteiger partial charge in [-0.15, -0.1) is 0 Å². The average Bonchev–Trinajstić information content (AvgIpc) is 2.72. The van der Waals surface area contributed by atoms with Crippen LogP contribution < -0.4 is 5.32 Å². The molecule has 30 heavy (non-hydrogen) atoms. The molecule has 2 aromatic rings. The number of non-ortho nitro benzene ring substituents is 1. The van der Waals surface area contributed by atoms with Crippen molar-refractivity contribution in [1.29, 1.82) is 0 Å². The summed E-state index contributed by atoms with van der Waals surface area (Å²) < 4.78 is 5.54. The Morgan fingerprint density at radius 2 is 1.60 bits per heavy atom. The molecule has 0 aliphatic carbocycles. The lowest BCUT2D eigenvalue weighted by Gasteiger charge is -2.30. The molecule has 0 fully saturated rings. The van der Waals surface area contributed by atoms with Crippen molar-refractivity contribution in [2.75, 3.05) is 0 Å². The lowest BCUT2D eigenvalue weighted by Crippen LogP contribution is -2.31. The van der Waals surface area contributed by atoms with Crippen molar-refractivity contribution in [3.05, 3.63) is 98.4 Å². The van der Waals surface area contributed by atoms with Gasteiger partial charge >= 0.3 is 5.97 Å². The van der Waals surface area contributed by atoms with Crippen molar-refractivity contribution < 1.29 is 19.2 Å². The minimum atomic E-state index is -0.673. The van der Waals surface area contributed by atoms with E-state index >= 15 is 0 Å². The number of carbonyl (C=O) groups is 2. The number of ether oxygens (including phenoxy) is 1. The largest absolute Gasteiger partial charge is 0.457 e. The van der Waals surface area contributed by atoms with Gasteiger partial charge in [-0.2, -0.15) is 0 Å². The van der Waals surface area contributed by atoms with Crippen LogP contribution in [0.5, 0.6) is 0 Å². The van der Waals surface area contributed by atoms with Gasteiger partial charge in [0.1, 0.15) is 6.61 Å². The van der Waals surface area contributed by atoms with Crippen LogP contribution in [0.2, 0.25) is 0 Å². The number of nitrogens with zero attached hydrogens (tertiary/aromatic N) is 1. The van der Waals surface area contributed by atoms with Crippen LogP contribution >= 0.6 is 0 Å². The fourth-order valence-electron chi connectivity index (χ4n) is 3.65. The Morgan fingerprint density at radius 1 is 1.00 bits per heavy atom. The van der Waals surface area contributed by atoms with E-state index in [9.17, 15) is 19.7 Å². The molecule has 154 valence electrons. The summed E-state index contributed by atoms with van der Waals surface area (Å²) in [4.78, 5) is 36.0. The van der Waals surface area contributed by atoms with Gasteiger partial charge in [0.25, 0.3) is 5.69 Å². The van der Waals surface area contributed by atoms with Crippen molar-refractivity contribution in [3.63, 3.8) is 0 Å². The number of benzene rings is 2. The zero-order chi connectivity index (χ0) is 21.8. The average molecular weight is 406 g/mol. The first-order valence-corrected chi connectivity index (χ1v) is 9.44. The van der Waals surface area contributed by atoms with E-state index in [-0.39, 0.29) is 18.1 Å². The Morgan fingerprint density at radius 3 is 2.17 bits per heavy atom. The number of nitro benzene ring substituents is 1. The molecule has 1 aliphatic heterocycles. The molecule has 0 saturated heterocycles. The number of allylic oxidation sites excluding steroid dienone is 3. The summed E-state index contributed by atoms with van der Waals surface area (Å²) in [5.74, 6) is -1.41. The topological polar surface area (TPSA) is 98.5 Å². The fraction of sp³-hybridized carbons (Fsp3) is 0.217. The number of nitro groups is 1. The molecule has 1 atom stereocenters. The molecule has 3 rings (SSSR count). The van der Waals surface area contributed by atoms with Gasteiger partial charge in [0.05, 0.1) is 10.5 Å². The number of hydrogen-bond donors (Lipinski definition) is 1. The SMILES string of the molecule is CC(=O)C1=C(C)NC(C)=C(C(=O)OCc2ccccc2)[C@@H]1c1ccc([N+](=O)[O-])cc1. The van der Waals surface area contributed by atoms with Gasteiger partial charge in [0, 0.05) is 35.0 Å². The maximum absolute atomic E-state index is 13.1. The van der Waals surface area contributed by atoms with Crippen LogP contribution in [0.3, 0.4) is 0 Å². The van der Waals surface area contributed by atoms with Crippen LogP contribution in [0, 0.1) is 10.1 Å². The summed E-state index contributed by atoms with van der Waals surface area (Å²) in [6, 6.07) is 15.2. The number of rotatable bonds is 6. The van der Waals surface area contributed by atoms with Gasteiger partial charge in [0.2, 0.25) is 0 Å². The third-order valence-electron chi connectivity index (χ3n) is 5.01. The second-order valence-electron chi connectivity index (χ2n) is 7.10. The van der Waals surface area contributed by atoms with Crippen LogP contribution in [-0.2, 0) is 20.9 Å². The van der Waals surface area contributed by atoms with Gasteiger partial charge < -0.3 is 10.1 Å². The summed E-state index contributed by atoms with van der Waals surface area (Å²) in [7, 11) is 0. The predicted octanol–water partition coefficient (Wildman–Crippen LogP) is 4.16. The summed E-state index contributed by atoms with van der Waals surface area (Å²) >= 11 is 0. The van der Waals surface area contributed by atoms with Crippen LogP contribution in [0.1, 0.15) is 37.8 Å². The Hall–Kier alpha value is -3.74. The lowest BCUT2D eigenvalue weighted by atomic mass is 9.79. The van der Waals surface area contributed by atoms with E-state index in [0.717, 1.165) is 5.56 Å². The van der Waals surface area contributed by atoms with Crippen LogP contribution in [0.25, 0.3) is 0 Å². The van der Waals surface area contributed by atoms with Gasteiger partial charge in [-0.3, -0.25) is 14.9 Å². The molecule has 1 aliphatic rings. The molecule has 1 N–H and O–H groups in total. The number of ketones is 1. The summed E-state index contributed by atoms with van der Waals surface area (Å²) in [6.45, 7) is 5.05. The number of carbonyl (C=O) groups excluding carboxylic acids is 2. The van der Waals surface area contributed by atoms with E-state index in [1.807, 2.05) is 30.3 Å². The molecule has 0 unspecified atom stereocenters. The first kappa shape index (κ1) is 21.0. The molecular weight excluding hydrogens is 384 g/mol. The standard InChI is InChI=1S/C23H22N2O5/c1-14-20(16(3)26)22(18-9-11-19(12-10-18)25(28)29)21(15(2)24-14)23(27)30-13-17-7-5-4-6-8-17/h4-12,22,24H,13H2,1-3H3/t22-/m1/s1. The smallest absolute Gasteiger partial charge is 0.337 e. The van der Waals surface area contributed by atoms with Crippen molar-refractivity contribution in [2.45, 2.75) is 33.3 Å². The van der Waals surface area contributed by atoms with Gasteiger partial charge in [-0.1, -0.05) is 42.5 Å². The summed E-state index contributed by atoms with van der Waals surface area (Å²) in [6.07, 6.45) is 0. The second kappa shape index (κ2) is 8.73. The zero-order valence-electron chi connectivity index (χ0n) is 17.0. The maximum Gasteiger partial charge on any atom is 0.337 e. The Kier molecular flexibility index (Phi) is 6.11. The van der Waals surface area contributed by atoms with Crippen LogP contribution in [-0.4, -0.2) is 16.7 Å². The van der Waals surface area contributed by atoms with E-state index in [1.54, 1.807) is 26.0 Å². The normalized spacial score (nSPS) is 16.2. The molecule has 0 bridgehead atoms. The molecule has 0 aromatic heterocycles. The fourth-order valence-corrected chi connectivity index (χ4v) is 3.65. The molecular formula is C23H22N2O5. The highest BCUT2D eigenvalue weighted by Crippen LogP contribution is 2.39. The first-order chi connectivity index (χ1) is 14.3. The van der Waals surface area contributed by atoms with Crippen molar-refractivity contribution in [3.8, 4) is 0 Å². The van der Waals surface area contributed by atoms with E-state index in [4.69, 9.17) is 4.74 Å². The summed E-state index contributed by atoms with van der Waals surface area (Å²) in [5.41, 5.74) is 3.36. The third kappa shape index (κ3) is 4.30. The van der Waals surface area contributed by atoms with Crippen LogP contribution in [0.15, 0.2) is 77.1 Å². The predicted molar refractivity (Wildman–Crippen MR) is 111 cm³/mol. The molecule has 0 saturated carbocycles. The molecule has 1 heterocycles. The highest BCUT2D eigenvalue weighted by molar-refractivity contribution is 6.02. The number of hydrogen-bond acceptors (Lipinski definition) is 6. The number of esters is 1. The molecule has 7 nitrogen and oxygen atoms in total. The van der Waals surface area contributed by atoms with Gasteiger partial charge in [-0.25, -0.2) is 4.79 Å². The van der Waals surface area contributed by atoms with E-state index in [2.05, 4.69) is 5.32 Å². The van der Waals surface area contributed by atoms with Gasteiger partial charge in [-0.05, 0) is 31.9 Å². The number of Topliss-reactive ketones (excluding diaryl/α,β-unsaturated/α-hetero) is 1. The third-order valence-corrected chi connectivity index (χ3v) is 5.01. The molecule has 2 aromatic carbocycles. The molecule has 0 spiro atoms. The monoisotopic (exact) mass is 406 g/mol. The number of nitrogens with one attached hydrogen (secondary N) is 1. The van der Waals surface area contributed by atoms with Crippen LogP contribution in [0.4, 0.5) is 5.69 Å². The van der Waals surface area contributed by atoms with Crippen molar-refractivity contribution in [2.24, 2.45) is 0 Å². The lowest BCUT2D eigenvalue weighted by molar-refractivity contribution is -0.384. The summed E-state index contributed by atoms with van der Waals surface area (Å²) in [5, 5.41) is 14.1. The minimum absolute atomic E-state index is 0.0633. The van der Waals surface area contributed by atoms with Gasteiger partial charge in [0.15, 0.2) is 5.78 Å². The maximum atomic E-state index is 13.1. The number of dihydropyridines is 1. The molecule has 7 heteroatoms. The van der Waals surface area contributed by atoms with E-state index < -0.39 is 16.8 Å².